The lowest BCUT2D eigenvalue weighted by Gasteiger charge is -2.26. The van der Waals surface area contributed by atoms with E-state index in [1.165, 1.54) is 25.7 Å². The van der Waals surface area contributed by atoms with Gasteiger partial charge in [0, 0.05) is 13.6 Å². The van der Waals surface area contributed by atoms with Gasteiger partial charge in [0.15, 0.2) is 0 Å². The third-order valence-corrected chi connectivity index (χ3v) is 4.65. The van der Waals surface area contributed by atoms with Crippen molar-refractivity contribution < 1.29 is 9.90 Å². The smallest absolute Gasteiger partial charge is 0.317 e. The van der Waals surface area contributed by atoms with Crippen LogP contribution < -0.4 is 5.32 Å². The highest BCUT2D eigenvalue weighted by Gasteiger charge is 2.38. The van der Waals surface area contributed by atoms with E-state index in [1.807, 2.05) is 0 Å². The highest BCUT2D eigenvalue weighted by atomic mass is 16.3. The zero-order valence-corrected chi connectivity index (χ0v) is 12.5. The van der Waals surface area contributed by atoms with Crippen molar-refractivity contribution in [3.8, 4) is 0 Å². The first kappa shape index (κ1) is 14.6. The van der Waals surface area contributed by atoms with Crippen LogP contribution >= 0.6 is 0 Å². The summed E-state index contributed by atoms with van der Waals surface area (Å²) >= 11 is 0. The number of likely N-dealkylation sites (N-methyl/N-ethyl adjacent to an activating group) is 1. The Bertz CT molecular complexity index is 325. The fourth-order valence-corrected chi connectivity index (χ4v) is 3.88. The molecular formula is C15H28N2O2. The van der Waals surface area contributed by atoms with Crippen molar-refractivity contribution in [3.05, 3.63) is 0 Å². The highest BCUT2D eigenvalue weighted by molar-refractivity contribution is 5.73. The Labute approximate surface area is 116 Å². The van der Waals surface area contributed by atoms with Crippen LogP contribution in [0.2, 0.25) is 0 Å². The van der Waals surface area contributed by atoms with Crippen LogP contribution in [0.1, 0.15) is 46.0 Å². The van der Waals surface area contributed by atoms with Gasteiger partial charge in [-0.15, -0.1) is 0 Å². The molecule has 110 valence electrons. The Kier molecular flexibility index (Phi) is 4.39. The van der Waals surface area contributed by atoms with Crippen molar-refractivity contribution >= 4 is 6.03 Å². The lowest BCUT2D eigenvalue weighted by molar-refractivity contribution is 0.0531. The molecule has 4 nitrogen and oxygen atoms in total. The molecule has 0 aliphatic heterocycles. The Balaban J connectivity index is 1.64. The van der Waals surface area contributed by atoms with Gasteiger partial charge in [0.2, 0.25) is 0 Å². The fraction of sp³-hybridized carbons (Fsp3) is 0.933. The molecule has 0 spiro atoms. The van der Waals surface area contributed by atoms with Crippen molar-refractivity contribution in [2.75, 3.05) is 20.1 Å². The van der Waals surface area contributed by atoms with Crippen molar-refractivity contribution in [1.29, 1.82) is 0 Å². The standard InChI is InChI=1S/C15H28N2O2/c1-15(2,19)10-17(3)14(18)16-7-6-13-9-11-4-5-12(13)8-11/h11-13,19H,4-10H2,1-3H3,(H,16,18). The van der Waals surface area contributed by atoms with Crippen LogP contribution in [0, 0.1) is 17.8 Å². The molecule has 0 aromatic carbocycles. The summed E-state index contributed by atoms with van der Waals surface area (Å²) in [6, 6.07) is -0.0784. The number of hydrogen-bond donors (Lipinski definition) is 2. The second kappa shape index (κ2) is 5.70. The second-order valence-electron chi connectivity index (χ2n) is 7.12. The molecule has 2 aliphatic carbocycles. The van der Waals surface area contributed by atoms with Crippen LogP contribution in [0.15, 0.2) is 0 Å². The van der Waals surface area contributed by atoms with Gasteiger partial charge in [-0.3, -0.25) is 0 Å². The molecule has 2 fully saturated rings. The number of urea groups is 1. The first-order chi connectivity index (χ1) is 8.85. The molecule has 2 bridgehead atoms. The number of nitrogens with one attached hydrogen (secondary N) is 1. The van der Waals surface area contributed by atoms with Crippen LogP contribution in [0.3, 0.4) is 0 Å². The molecule has 2 rings (SSSR count). The van der Waals surface area contributed by atoms with Crippen LogP contribution in [0.4, 0.5) is 4.79 Å². The molecule has 2 amide bonds. The predicted octanol–water partition coefficient (Wildman–Crippen LogP) is 2.22. The van der Waals surface area contributed by atoms with Gasteiger partial charge in [-0.1, -0.05) is 6.42 Å². The van der Waals surface area contributed by atoms with Gasteiger partial charge >= 0.3 is 6.03 Å². The van der Waals surface area contributed by atoms with Crippen molar-refractivity contribution in [2.24, 2.45) is 17.8 Å². The summed E-state index contributed by atoms with van der Waals surface area (Å²) in [6.07, 6.45) is 6.75. The van der Waals surface area contributed by atoms with Crippen LogP contribution in [-0.2, 0) is 0 Å². The summed E-state index contributed by atoms with van der Waals surface area (Å²) in [4.78, 5) is 13.4. The van der Waals surface area contributed by atoms with E-state index in [0.717, 1.165) is 30.7 Å². The van der Waals surface area contributed by atoms with E-state index in [4.69, 9.17) is 0 Å². The molecule has 0 aromatic rings. The monoisotopic (exact) mass is 268 g/mol. The lowest BCUT2D eigenvalue weighted by atomic mass is 9.86. The molecule has 4 heteroatoms. The minimum Gasteiger partial charge on any atom is -0.389 e. The molecular weight excluding hydrogens is 240 g/mol. The first-order valence-corrected chi connectivity index (χ1v) is 7.56. The third kappa shape index (κ3) is 4.10. The van der Waals surface area contributed by atoms with E-state index in [1.54, 1.807) is 25.8 Å². The van der Waals surface area contributed by atoms with Gasteiger partial charge in [-0.05, 0) is 57.3 Å². The quantitative estimate of drug-likeness (QED) is 0.803. The largest absolute Gasteiger partial charge is 0.389 e. The minimum absolute atomic E-state index is 0.0784. The maximum Gasteiger partial charge on any atom is 0.317 e. The van der Waals surface area contributed by atoms with E-state index in [0.29, 0.717) is 6.54 Å². The summed E-state index contributed by atoms with van der Waals surface area (Å²) in [6.45, 7) is 4.55. The van der Waals surface area contributed by atoms with Gasteiger partial charge in [-0.2, -0.15) is 0 Å². The number of nitrogens with zero attached hydrogens (tertiary/aromatic N) is 1. The SMILES string of the molecule is CN(CC(C)(C)O)C(=O)NCCC1CC2CCC1C2. The van der Waals surface area contributed by atoms with E-state index in [9.17, 15) is 9.90 Å². The average Bonchev–Trinajstić information content (AvgIpc) is 2.88. The Morgan fingerprint density at radius 1 is 1.37 bits per heavy atom. The first-order valence-electron chi connectivity index (χ1n) is 7.56. The maximum absolute atomic E-state index is 11.9. The Hall–Kier alpha value is -0.770. The number of rotatable bonds is 5. The Morgan fingerprint density at radius 3 is 2.63 bits per heavy atom. The van der Waals surface area contributed by atoms with Gasteiger partial charge in [0.1, 0.15) is 0 Å². The average molecular weight is 268 g/mol. The number of carbonyl (C=O) groups excluding carboxylic acids is 1. The summed E-state index contributed by atoms with van der Waals surface area (Å²) < 4.78 is 0. The van der Waals surface area contributed by atoms with Crippen molar-refractivity contribution in [1.82, 2.24) is 10.2 Å². The van der Waals surface area contributed by atoms with Crippen molar-refractivity contribution in [2.45, 2.75) is 51.6 Å². The van der Waals surface area contributed by atoms with E-state index >= 15 is 0 Å². The summed E-state index contributed by atoms with van der Waals surface area (Å²) in [5.41, 5.74) is -0.837. The lowest BCUT2D eigenvalue weighted by Crippen LogP contribution is -2.45. The topological polar surface area (TPSA) is 52.6 Å². The van der Waals surface area contributed by atoms with E-state index in [-0.39, 0.29) is 6.03 Å². The number of carbonyl (C=O) groups is 1. The van der Waals surface area contributed by atoms with Crippen LogP contribution in [-0.4, -0.2) is 41.8 Å². The molecule has 0 saturated heterocycles. The molecule has 19 heavy (non-hydrogen) atoms. The molecule has 0 aromatic heterocycles. The second-order valence-corrected chi connectivity index (χ2v) is 7.12. The molecule has 2 aliphatic rings. The summed E-state index contributed by atoms with van der Waals surface area (Å²) in [5, 5.41) is 12.7. The molecule has 3 atom stereocenters. The molecule has 3 unspecified atom stereocenters. The maximum atomic E-state index is 11.9. The van der Waals surface area contributed by atoms with Crippen LogP contribution in [0.25, 0.3) is 0 Å². The van der Waals surface area contributed by atoms with Crippen LogP contribution in [0.5, 0.6) is 0 Å². The number of hydrogen-bond acceptors (Lipinski definition) is 2. The zero-order valence-electron chi connectivity index (χ0n) is 12.5. The van der Waals surface area contributed by atoms with Gasteiger partial charge in [0.25, 0.3) is 0 Å². The molecule has 0 radical (unpaired) electrons. The number of aliphatic hydroxyl groups is 1. The van der Waals surface area contributed by atoms with E-state index < -0.39 is 5.60 Å². The van der Waals surface area contributed by atoms with Gasteiger partial charge in [-0.25, -0.2) is 4.79 Å². The predicted molar refractivity (Wildman–Crippen MR) is 75.9 cm³/mol. The summed E-state index contributed by atoms with van der Waals surface area (Å²) in [7, 11) is 1.73. The molecule has 2 N–H and O–H groups in total. The fourth-order valence-electron chi connectivity index (χ4n) is 3.88. The molecule has 2 saturated carbocycles. The van der Waals surface area contributed by atoms with Crippen molar-refractivity contribution in [3.63, 3.8) is 0 Å². The van der Waals surface area contributed by atoms with Gasteiger partial charge < -0.3 is 15.3 Å². The van der Waals surface area contributed by atoms with Gasteiger partial charge in [0.05, 0.1) is 12.1 Å². The third-order valence-electron chi connectivity index (χ3n) is 4.65. The molecule has 0 heterocycles. The number of fused-ring (bicyclic) bond motifs is 2. The number of amides is 2. The minimum atomic E-state index is -0.837. The highest BCUT2D eigenvalue weighted by Crippen LogP contribution is 2.49. The Morgan fingerprint density at radius 2 is 2.11 bits per heavy atom. The zero-order chi connectivity index (χ0) is 14.0. The summed E-state index contributed by atoms with van der Waals surface area (Å²) in [5.74, 6) is 2.73. The van der Waals surface area contributed by atoms with E-state index in [2.05, 4.69) is 5.32 Å². The normalized spacial score (nSPS) is 29.6.